The molecule has 0 aliphatic carbocycles. The highest BCUT2D eigenvalue weighted by molar-refractivity contribution is 7.71. The third-order valence-corrected chi connectivity index (χ3v) is 4.20. The van der Waals surface area contributed by atoms with E-state index in [1.165, 1.54) is 19.4 Å². The Morgan fingerprint density at radius 2 is 2.44 bits per heavy atom. The van der Waals surface area contributed by atoms with Gasteiger partial charge < -0.3 is 9.55 Å². The SMILES string of the molecule is CCN1CCCC1Cn1c(=S)[nH]c2cnccc21. The lowest BCUT2D eigenvalue weighted by Crippen LogP contribution is -2.32. The number of likely N-dealkylation sites (tertiary alicyclic amines) is 1. The van der Waals surface area contributed by atoms with Gasteiger partial charge in [0.2, 0.25) is 0 Å². The lowest BCUT2D eigenvalue weighted by atomic mass is 10.2. The Balaban J connectivity index is 1.95. The number of pyridine rings is 1. The van der Waals surface area contributed by atoms with Crippen LogP contribution in [0.3, 0.4) is 0 Å². The molecule has 2 aromatic rings. The van der Waals surface area contributed by atoms with Crippen LogP contribution in [-0.4, -0.2) is 38.6 Å². The summed E-state index contributed by atoms with van der Waals surface area (Å²) in [5.41, 5.74) is 2.20. The summed E-state index contributed by atoms with van der Waals surface area (Å²) >= 11 is 5.42. The highest BCUT2D eigenvalue weighted by Gasteiger charge is 2.23. The van der Waals surface area contributed by atoms with E-state index < -0.39 is 0 Å². The molecule has 4 nitrogen and oxygen atoms in total. The van der Waals surface area contributed by atoms with Gasteiger partial charge in [-0.1, -0.05) is 6.92 Å². The van der Waals surface area contributed by atoms with Gasteiger partial charge in [0, 0.05) is 18.8 Å². The van der Waals surface area contributed by atoms with E-state index in [1.807, 2.05) is 18.5 Å². The molecule has 0 radical (unpaired) electrons. The third-order valence-electron chi connectivity index (χ3n) is 3.87. The van der Waals surface area contributed by atoms with Gasteiger partial charge in [0.15, 0.2) is 4.77 Å². The molecule has 1 N–H and O–H groups in total. The van der Waals surface area contributed by atoms with Crippen molar-refractivity contribution in [1.82, 2.24) is 19.4 Å². The molecule has 1 aliphatic rings. The van der Waals surface area contributed by atoms with Gasteiger partial charge in [-0.2, -0.15) is 0 Å². The molecule has 3 rings (SSSR count). The van der Waals surface area contributed by atoms with Gasteiger partial charge in [-0.25, -0.2) is 0 Å². The molecule has 2 aromatic heterocycles. The van der Waals surface area contributed by atoms with Gasteiger partial charge in [-0.05, 0) is 44.2 Å². The second kappa shape index (κ2) is 4.82. The van der Waals surface area contributed by atoms with Crippen molar-refractivity contribution in [2.45, 2.75) is 32.4 Å². The van der Waals surface area contributed by atoms with Crippen molar-refractivity contribution in [3.63, 3.8) is 0 Å². The Morgan fingerprint density at radius 3 is 3.28 bits per heavy atom. The van der Waals surface area contributed by atoms with Crippen LogP contribution in [0.1, 0.15) is 19.8 Å². The van der Waals surface area contributed by atoms with E-state index in [1.54, 1.807) is 0 Å². The smallest absolute Gasteiger partial charge is 0.178 e. The molecule has 1 fully saturated rings. The average molecular weight is 262 g/mol. The molecule has 1 aliphatic heterocycles. The maximum atomic E-state index is 5.42. The minimum Gasteiger partial charge on any atom is -0.329 e. The molecule has 1 saturated heterocycles. The normalized spacial score (nSPS) is 20.8. The zero-order valence-corrected chi connectivity index (χ0v) is 11.4. The number of hydrogen-bond acceptors (Lipinski definition) is 3. The van der Waals surface area contributed by atoms with E-state index in [9.17, 15) is 0 Å². The fourth-order valence-corrected chi connectivity index (χ4v) is 3.20. The Labute approximate surface area is 112 Å². The van der Waals surface area contributed by atoms with Crippen LogP contribution in [0.25, 0.3) is 11.0 Å². The number of likely N-dealkylation sites (N-methyl/N-ethyl adjacent to an activating group) is 1. The molecule has 0 spiro atoms. The van der Waals surface area contributed by atoms with Crippen LogP contribution in [-0.2, 0) is 6.54 Å². The predicted molar refractivity (Wildman–Crippen MR) is 75.2 cm³/mol. The molecular weight excluding hydrogens is 244 g/mol. The number of fused-ring (bicyclic) bond motifs is 1. The number of hydrogen-bond donors (Lipinski definition) is 1. The first-order valence-electron chi connectivity index (χ1n) is 6.56. The van der Waals surface area contributed by atoms with Crippen LogP contribution in [0.2, 0.25) is 0 Å². The maximum Gasteiger partial charge on any atom is 0.178 e. The highest BCUT2D eigenvalue weighted by atomic mass is 32.1. The number of nitrogens with zero attached hydrogens (tertiary/aromatic N) is 3. The van der Waals surface area contributed by atoms with Crippen molar-refractivity contribution in [3.8, 4) is 0 Å². The Bertz CT molecular complexity index is 600. The topological polar surface area (TPSA) is 36.9 Å². The number of nitrogens with one attached hydrogen (secondary N) is 1. The summed E-state index contributed by atoms with van der Waals surface area (Å²) in [6, 6.07) is 2.65. The minimum atomic E-state index is 0.619. The lowest BCUT2D eigenvalue weighted by Gasteiger charge is -2.23. The van der Waals surface area contributed by atoms with E-state index >= 15 is 0 Å². The molecule has 18 heavy (non-hydrogen) atoms. The monoisotopic (exact) mass is 262 g/mol. The van der Waals surface area contributed by atoms with E-state index in [2.05, 4.69) is 26.4 Å². The minimum absolute atomic E-state index is 0.619. The van der Waals surface area contributed by atoms with Crippen molar-refractivity contribution in [3.05, 3.63) is 23.2 Å². The van der Waals surface area contributed by atoms with E-state index in [0.29, 0.717) is 6.04 Å². The van der Waals surface area contributed by atoms with Gasteiger partial charge in [0.05, 0.1) is 17.2 Å². The quantitative estimate of drug-likeness (QED) is 0.864. The molecule has 3 heterocycles. The van der Waals surface area contributed by atoms with Gasteiger partial charge in [-0.15, -0.1) is 0 Å². The Hall–Kier alpha value is -1.20. The van der Waals surface area contributed by atoms with Gasteiger partial charge in [0.1, 0.15) is 0 Å². The first kappa shape index (κ1) is 11.9. The molecule has 1 atom stereocenters. The molecule has 5 heteroatoms. The number of H-pyrrole nitrogens is 1. The Kier molecular flexibility index (Phi) is 3.18. The predicted octanol–water partition coefficient (Wildman–Crippen LogP) is 2.58. The fourth-order valence-electron chi connectivity index (χ4n) is 2.92. The first-order chi connectivity index (χ1) is 8.79. The van der Waals surface area contributed by atoms with E-state index in [4.69, 9.17) is 12.2 Å². The van der Waals surface area contributed by atoms with Crippen LogP contribution in [0, 0.1) is 4.77 Å². The van der Waals surface area contributed by atoms with Gasteiger partial charge in [-0.3, -0.25) is 9.88 Å². The summed E-state index contributed by atoms with van der Waals surface area (Å²) in [6.07, 6.45) is 6.24. The van der Waals surface area contributed by atoms with Crippen LogP contribution in [0.5, 0.6) is 0 Å². The lowest BCUT2D eigenvalue weighted by molar-refractivity contribution is 0.245. The van der Waals surface area contributed by atoms with Crippen LogP contribution in [0.4, 0.5) is 0 Å². The van der Waals surface area contributed by atoms with Crippen molar-refractivity contribution >= 4 is 23.3 Å². The fraction of sp³-hybridized carbons (Fsp3) is 0.538. The van der Waals surface area contributed by atoms with Crippen LogP contribution >= 0.6 is 12.2 Å². The van der Waals surface area contributed by atoms with Crippen molar-refractivity contribution < 1.29 is 0 Å². The summed E-state index contributed by atoms with van der Waals surface area (Å²) in [6.45, 7) is 5.56. The summed E-state index contributed by atoms with van der Waals surface area (Å²) in [5.74, 6) is 0. The molecule has 0 saturated carbocycles. The van der Waals surface area contributed by atoms with E-state index in [-0.39, 0.29) is 0 Å². The van der Waals surface area contributed by atoms with E-state index in [0.717, 1.165) is 28.9 Å². The molecule has 0 aromatic carbocycles. The molecule has 1 unspecified atom stereocenters. The number of aromatic nitrogens is 3. The van der Waals surface area contributed by atoms with Gasteiger partial charge >= 0.3 is 0 Å². The number of rotatable bonds is 3. The third kappa shape index (κ3) is 1.97. The summed E-state index contributed by atoms with van der Waals surface area (Å²) in [7, 11) is 0. The average Bonchev–Trinajstić information content (AvgIpc) is 2.95. The molecular formula is C13H18N4S. The Morgan fingerprint density at radius 1 is 1.56 bits per heavy atom. The van der Waals surface area contributed by atoms with Crippen LogP contribution < -0.4 is 0 Å². The number of imidazole rings is 1. The number of aromatic amines is 1. The molecule has 96 valence electrons. The maximum absolute atomic E-state index is 5.42. The zero-order valence-electron chi connectivity index (χ0n) is 10.6. The standard InChI is InChI=1S/C13H18N4S/c1-2-16-7-3-4-10(16)9-17-12-5-6-14-8-11(12)15-13(17)18/h5-6,8,10H,2-4,7,9H2,1H3,(H,15,18). The van der Waals surface area contributed by atoms with Crippen molar-refractivity contribution in [1.29, 1.82) is 0 Å². The van der Waals surface area contributed by atoms with Crippen LogP contribution in [0.15, 0.2) is 18.5 Å². The van der Waals surface area contributed by atoms with Gasteiger partial charge in [0.25, 0.3) is 0 Å². The highest BCUT2D eigenvalue weighted by Crippen LogP contribution is 2.21. The second-order valence-electron chi connectivity index (χ2n) is 4.86. The second-order valence-corrected chi connectivity index (χ2v) is 5.24. The molecule has 0 amide bonds. The van der Waals surface area contributed by atoms with Crippen molar-refractivity contribution in [2.24, 2.45) is 0 Å². The first-order valence-corrected chi connectivity index (χ1v) is 6.97. The summed E-state index contributed by atoms with van der Waals surface area (Å²) in [4.78, 5) is 9.90. The molecule has 0 bridgehead atoms. The van der Waals surface area contributed by atoms with Crippen molar-refractivity contribution in [2.75, 3.05) is 13.1 Å². The zero-order chi connectivity index (χ0) is 12.5. The largest absolute Gasteiger partial charge is 0.329 e. The summed E-state index contributed by atoms with van der Waals surface area (Å²) in [5, 5.41) is 0. The summed E-state index contributed by atoms with van der Waals surface area (Å²) < 4.78 is 3.02.